The summed E-state index contributed by atoms with van der Waals surface area (Å²) in [6, 6.07) is 6.24. The highest BCUT2D eigenvalue weighted by Gasteiger charge is 2.31. The lowest BCUT2D eigenvalue weighted by atomic mass is 10.1. The van der Waals surface area contributed by atoms with E-state index >= 15 is 0 Å². The van der Waals surface area contributed by atoms with Crippen LogP contribution in [0.2, 0.25) is 0 Å². The highest BCUT2D eigenvalue weighted by molar-refractivity contribution is 5.28. The fourth-order valence-corrected chi connectivity index (χ4v) is 3.38. The van der Waals surface area contributed by atoms with E-state index in [-0.39, 0.29) is 17.5 Å². The molecule has 1 atom stereocenters. The highest BCUT2D eigenvalue weighted by atomic mass is 19.4. The summed E-state index contributed by atoms with van der Waals surface area (Å²) in [7, 11) is 3.58. The van der Waals surface area contributed by atoms with Gasteiger partial charge in [-0.25, -0.2) is 9.48 Å². The zero-order chi connectivity index (χ0) is 18.9. The number of alkyl halides is 3. The Balaban J connectivity index is 1.65. The Labute approximate surface area is 148 Å². The average Bonchev–Trinajstić information content (AvgIpc) is 2.71. The lowest BCUT2D eigenvalue weighted by Crippen LogP contribution is -2.32. The van der Waals surface area contributed by atoms with E-state index in [1.54, 1.807) is 23.7 Å². The van der Waals surface area contributed by atoms with Crippen molar-refractivity contribution in [1.82, 2.24) is 19.2 Å². The summed E-state index contributed by atoms with van der Waals surface area (Å²) in [6.45, 7) is 1.09. The SMILES string of the molecule is CN(Cc1cccc(OC(F)(F)F)c1)C1CCc2nn(C)c(=O)n2CC1. The molecule has 9 heteroatoms. The van der Waals surface area contributed by atoms with Crippen molar-refractivity contribution in [2.24, 2.45) is 7.05 Å². The molecule has 0 saturated carbocycles. The number of rotatable bonds is 4. The molecule has 6 nitrogen and oxygen atoms in total. The fraction of sp³-hybridized carbons (Fsp3) is 0.529. The van der Waals surface area contributed by atoms with E-state index in [4.69, 9.17) is 0 Å². The lowest BCUT2D eigenvalue weighted by molar-refractivity contribution is -0.274. The molecule has 0 radical (unpaired) electrons. The summed E-state index contributed by atoms with van der Waals surface area (Å²) in [5.41, 5.74) is 0.632. The number of ether oxygens (including phenoxy) is 1. The van der Waals surface area contributed by atoms with Crippen LogP contribution in [0.1, 0.15) is 24.2 Å². The van der Waals surface area contributed by atoms with E-state index in [9.17, 15) is 18.0 Å². The van der Waals surface area contributed by atoms with Crippen LogP contribution >= 0.6 is 0 Å². The molecule has 3 rings (SSSR count). The molecular formula is C17H21F3N4O2. The summed E-state index contributed by atoms with van der Waals surface area (Å²) in [4.78, 5) is 14.1. The monoisotopic (exact) mass is 370 g/mol. The van der Waals surface area contributed by atoms with Crippen LogP contribution in [0.4, 0.5) is 13.2 Å². The highest BCUT2D eigenvalue weighted by Crippen LogP contribution is 2.24. The number of nitrogens with zero attached hydrogens (tertiary/aromatic N) is 4. The second kappa shape index (κ2) is 7.14. The summed E-state index contributed by atoms with van der Waals surface area (Å²) < 4.78 is 44.1. The van der Waals surface area contributed by atoms with Crippen molar-refractivity contribution in [3.63, 3.8) is 0 Å². The fourth-order valence-electron chi connectivity index (χ4n) is 3.38. The Kier molecular flexibility index (Phi) is 5.08. The van der Waals surface area contributed by atoms with Crippen molar-refractivity contribution in [2.45, 2.75) is 44.8 Å². The van der Waals surface area contributed by atoms with Gasteiger partial charge in [0.25, 0.3) is 0 Å². The second-order valence-corrected chi connectivity index (χ2v) is 6.57. The van der Waals surface area contributed by atoms with Gasteiger partial charge in [-0.2, -0.15) is 5.10 Å². The molecule has 0 bridgehead atoms. The minimum absolute atomic E-state index is 0.111. The first-order valence-corrected chi connectivity index (χ1v) is 8.40. The van der Waals surface area contributed by atoms with Crippen LogP contribution in [0, 0.1) is 0 Å². The van der Waals surface area contributed by atoms with E-state index < -0.39 is 6.36 Å². The molecule has 0 fully saturated rings. The van der Waals surface area contributed by atoms with Gasteiger partial charge in [0.05, 0.1) is 0 Å². The molecular weight excluding hydrogens is 349 g/mol. The molecule has 1 aliphatic heterocycles. The molecule has 1 aromatic heterocycles. The Morgan fingerprint density at radius 2 is 2.12 bits per heavy atom. The third-order valence-electron chi connectivity index (χ3n) is 4.66. The van der Waals surface area contributed by atoms with Gasteiger partial charge < -0.3 is 4.74 Å². The summed E-state index contributed by atoms with van der Waals surface area (Å²) in [5.74, 6) is 0.571. The Morgan fingerprint density at radius 3 is 2.85 bits per heavy atom. The number of fused-ring (bicyclic) bond motifs is 1. The molecule has 0 spiro atoms. The number of hydrogen-bond donors (Lipinski definition) is 0. The summed E-state index contributed by atoms with van der Waals surface area (Å²) in [6.07, 6.45) is -2.37. The average molecular weight is 370 g/mol. The van der Waals surface area contributed by atoms with Gasteiger partial charge in [-0.3, -0.25) is 9.47 Å². The smallest absolute Gasteiger partial charge is 0.406 e. The van der Waals surface area contributed by atoms with Gasteiger partial charge in [-0.1, -0.05) is 12.1 Å². The van der Waals surface area contributed by atoms with Crippen LogP contribution in [-0.2, 0) is 26.6 Å². The van der Waals surface area contributed by atoms with Crippen LogP contribution in [0.3, 0.4) is 0 Å². The van der Waals surface area contributed by atoms with Gasteiger partial charge in [0, 0.05) is 32.6 Å². The van der Waals surface area contributed by atoms with Crippen molar-refractivity contribution >= 4 is 0 Å². The van der Waals surface area contributed by atoms with Gasteiger partial charge in [0.2, 0.25) is 0 Å². The molecule has 0 amide bonds. The number of aromatic nitrogens is 3. The molecule has 2 aromatic rings. The predicted molar refractivity (Wildman–Crippen MR) is 88.8 cm³/mol. The maximum absolute atomic E-state index is 12.4. The zero-order valence-corrected chi connectivity index (χ0v) is 14.7. The number of halogens is 3. The molecule has 0 N–H and O–H groups in total. The van der Waals surface area contributed by atoms with Crippen LogP contribution < -0.4 is 10.4 Å². The Hall–Kier alpha value is -2.29. The third kappa shape index (κ3) is 4.27. The number of benzene rings is 1. The molecule has 1 aliphatic rings. The first-order chi connectivity index (χ1) is 12.2. The summed E-state index contributed by atoms with van der Waals surface area (Å²) in [5, 5.41) is 4.26. The van der Waals surface area contributed by atoms with E-state index in [2.05, 4.69) is 14.7 Å². The van der Waals surface area contributed by atoms with Crippen molar-refractivity contribution in [1.29, 1.82) is 0 Å². The quantitative estimate of drug-likeness (QED) is 0.829. The normalized spacial score (nSPS) is 17.8. The molecule has 2 heterocycles. The van der Waals surface area contributed by atoms with Gasteiger partial charge in [-0.05, 0) is 37.6 Å². The van der Waals surface area contributed by atoms with Crippen molar-refractivity contribution in [3.8, 4) is 5.75 Å². The van der Waals surface area contributed by atoms with Crippen molar-refractivity contribution in [3.05, 3.63) is 46.1 Å². The largest absolute Gasteiger partial charge is 0.573 e. The Morgan fingerprint density at radius 1 is 1.35 bits per heavy atom. The van der Waals surface area contributed by atoms with Gasteiger partial charge >= 0.3 is 12.1 Å². The van der Waals surface area contributed by atoms with Gasteiger partial charge in [0.15, 0.2) is 0 Å². The van der Waals surface area contributed by atoms with E-state index in [0.29, 0.717) is 19.5 Å². The standard InChI is InChI=1S/C17H21F3N4O2/c1-22(11-12-4-3-5-14(10-12)26-17(18,19)20)13-6-7-15-21-23(2)16(25)24(15)9-8-13/h3-5,10,13H,6-9,11H2,1-2H3. The zero-order valence-electron chi connectivity index (χ0n) is 14.7. The molecule has 1 aromatic carbocycles. The third-order valence-corrected chi connectivity index (χ3v) is 4.66. The number of hydrogen-bond acceptors (Lipinski definition) is 4. The molecule has 26 heavy (non-hydrogen) atoms. The summed E-state index contributed by atoms with van der Waals surface area (Å²) >= 11 is 0. The molecule has 1 unspecified atom stereocenters. The predicted octanol–water partition coefficient (Wildman–Crippen LogP) is 2.32. The van der Waals surface area contributed by atoms with Crippen molar-refractivity contribution in [2.75, 3.05) is 7.05 Å². The second-order valence-electron chi connectivity index (χ2n) is 6.57. The van der Waals surface area contributed by atoms with Crippen LogP contribution in [0.25, 0.3) is 0 Å². The van der Waals surface area contributed by atoms with Gasteiger partial charge in [-0.15, -0.1) is 13.2 Å². The van der Waals surface area contributed by atoms with E-state index in [1.807, 2.05) is 7.05 Å². The van der Waals surface area contributed by atoms with Crippen molar-refractivity contribution < 1.29 is 17.9 Å². The molecule has 142 valence electrons. The number of aryl methyl sites for hydroxylation is 2. The maximum Gasteiger partial charge on any atom is 0.573 e. The van der Waals surface area contributed by atoms with Gasteiger partial charge in [0.1, 0.15) is 11.6 Å². The minimum Gasteiger partial charge on any atom is -0.406 e. The van der Waals surface area contributed by atoms with E-state index in [0.717, 1.165) is 24.2 Å². The lowest BCUT2D eigenvalue weighted by Gasteiger charge is -2.27. The Bertz CT molecular complexity index is 828. The van der Waals surface area contributed by atoms with Crippen LogP contribution in [0.5, 0.6) is 5.75 Å². The van der Waals surface area contributed by atoms with E-state index in [1.165, 1.54) is 16.8 Å². The van der Waals surface area contributed by atoms with Crippen LogP contribution in [0.15, 0.2) is 29.1 Å². The van der Waals surface area contributed by atoms with Crippen LogP contribution in [-0.4, -0.2) is 38.7 Å². The minimum atomic E-state index is -4.70. The molecule has 0 saturated heterocycles. The first-order valence-electron chi connectivity index (χ1n) is 8.40. The molecule has 0 aliphatic carbocycles. The maximum atomic E-state index is 12.4. The first kappa shape index (κ1) is 18.5. The topological polar surface area (TPSA) is 52.3 Å².